The third-order valence-electron chi connectivity index (χ3n) is 3.33. The van der Waals surface area contributed by atoms with Gasteiger partial charge in [-0.1, -0.05) is 0 Å². The molecule has 1 atom stereocenters. The minimum atomic E-state index is 0.0753. The summed E-state index contributed by atoms with van der Waals surface area (Å²) in [6, 6.07) is 7.72. The molecule has 0 aliphatic rings. The first kappa shape index (κ1) is 14.6. The number of rotatable bonds is 6. The monoisotopic (exact) mass is 276 g/mol. The third-order valence-corrected chi connectivity index (χ3v) is 3.33. The summed E-state index contributed by atoms with van der Waals surface area (Å²) in [5.74, 6) is 2.18. The summed E-state index contributed by atoms with van der Waals surface area (Å²) >= 11 is 0. The van der Waals surface area contributed by atoms with Crippen LogP contribution in [0.15, 0.2) is 34.9 Å². The maximum atomic E-state index is 9.11. The van der Waals surface area contributed by atoms with Crippen molar-refractivity contribution in [2.45, 2.75) is 19.5 Å². The molecule has 108 valence electrons. The summed E-state index contributed by atoms with van der Waals surface area (Å²) in [6.45, 7) is 2.63. The van der Waals surface area contributed by atoms with E-state index in [9.17, 15) is 0 Å². The van der Waals surface area contributed by atoms with Gasteiger partial charge in [0.05, 0.1) is 26.5 Å². The number of likely N-dealkylation sites (N-methyl/N-ethyl adjacent to an activating group) is 1. The van der Waals surface area contributed by atoms with E-state index < -0.39 is 0 Å². The molecule has 1 heterocycles. The van der Waals surface area contributed by atoms with Crippen molar-refractivity contribution in [3.05, 3.63) is 36.4 Å². The number of aromatic nitrogens is 1. The Morgan fingerprint density at radius 2 is 2.05 bits per heavy atom. The standard InChI is InChI=1S/C15H20N2O3/c1-11(10-18)17(2)9-15-16-8-14(20-15)12-4-6-13(19-3)7-5-12/h4-8,11,18H,9-10H2,1-3H3. The number of hydrogen-bond acceptors (Lipinski definition) is 5. The second kappa shape index (κ2) is 6.54. The zero-order valence-electron chi connectivity index (χ0n) is 12.0. The van der Waals surface area contributed by atoms with Crippen molar-refractivity contribution in [1.82, 2.24) is 9.88 Å². The van der Waals surface area contributed by atoms with Crippen LogP contribution in [0.1, 0.15) is 12.8 Å². The van der Waals surface area contributed by atoms with Gasteiger partial charge in [0.25, 0.3) is 0 Å². The maximum Gasteiger partial charge on any atom is 0.209 e. The van der Waals surface area contributed by atoms with E-state index in [1.165, 1.54) is 0 Å². The lowest BCUT2D eigenvalue weighted by molar-refractivity contribution is 0.145. The minimum Gasteiger partial charge on any atom is -0.497 e. The van der Waals surface area contributed by atoms with E-state index in [0.717, 1.165) is 17.1 Å². The number of ether oxygens (including phenoxy) is 1. The molecule has 1 aromatic carbocycles. The van der Waals surface area contributed by atoms with Gasteiger partial charge in [-0.05, 0) is 38.2 Å². The maximum absolute atomic E-state index is 9.11. The fourth-order valence-electron chi connectivity index (χ4n) is 1.78. The van der Waals surface area contributed by atoms with E-state index in [2.05, 4.69) is 4.98 Å². The summed E-state index contributed by atoms with van der Waals surface area (Å²) in [5.41, 5.74) is 0.961. The van der Waals surface area contributed by atoms with E-state index >= 15 is 0 Å². The molecule has 1 N–H and O–H groups in total. The number of aliphatic hydroxyl groups is 1. The van der Waals surface area contributed by atoms with Crippen LogP contribution >= 0.6 is 0 Å². The first-order valence-corrected chi connectivity index (χ1v) is 6.54. The van der Waals surface area contributed by atoms with Crippen LogP contribution < -0.4 is 4.74 Å². The summed E-state index contributed by atoms with van der Waals surface area (Å²) in [6.07, 6.45) is 1.72. The van der Waals surface area contributed by atoms with Crippen LogP contribution in [0.2, 0.25) is 0 Å². The van der Waals surface area contributed by atoms with Crippen molar-refractivity contribution in [2.24, 2.45) is 0 Å². The molecule has 20 heavy (non-hydrogen) atoms. The highest BCUT2D eigenvalue weighted by atomic mass is 16.5. The minimum absolute atomic E-state index is 0.0753. The van der Waals surface area contributed by atoms with Crippen LogP contribution in [0, 0.1) is 0 Å². The van der Waals surface area contributed by atoms with Crippen molar-refractivity contribution in [1.29, 1.82) is 0 Å². The van der Waals surface area contributed by atoms with Crippen molar-refractivity contribution in [3.63, 3.8) is 0 Å². The quantitative estimate of drug-likeness (QED) is 0.876. The van der Waals surface area contributed by atoms with Gasteiger partial charge in [0.1, 0.15) is 5.75 Å². The molecule has 0 bridgehead atoms. The molecule has 0 aliphatic heterocycles. The molecule has 1 aromatic heterocycles. The number of oxazole rings is 1. The Kier molecular flexibility index (Phi) is 4.76. The predicted octanol–water partition coefficient (Wildman–Crippen LogP) is 2.16. The van der Waals surface area contributed by atoms with Gasteiger partial charge in [-0.2, -0.15) is 0 Å². The Morgan fingerprint density at radius 1 is 1.35 bits per heavy atom. The zero-order valence-corrected chi connectivity index (χ0v) is 12.0. The number of aliphatic hydroxyl groups excluding tert-OH is 1. The van der Waals surface area contributed by atoms with E-state index in [4.69, 9.17) is 14.3 Å². The van der Waals surface area contributed by atoms with Crippen LogP contribution in [0.25, 0.3) is 11.3 Å². The van der Waals surface area contributed by atoms with Gasteiger partial charge < -0.3 is 14.3 Å². The summed E-state index contributed by atoms with van der Waals surface area (Å²) < 4.78 is 10.9. The van der Waals surface area contributed by atoms with Crippen molar-refractivity contribution >= 4 is 0 Å². The van der Waals surface area contributed by atoms with Crippen LogP contribution in [0.5, 0.6) is 5.75 Å². The lowest BCUT2D eigenvalue weighted by Crippen LogP contribution is -2.31. The van der Waals surface area contributed by atoms with Crippen LogP contribution in [0.3, 0.4) is 0 Å². The lowest BCUT2D eigenvalue weighted by atomic mass is 10.2. The predicted molar refractivity (Wildman–Crippen MR) is 76.5 cm³/mol. The number of benzene rings is 1. The SMILES string of the molecule is COc1ccc(-c2cnc(CN(C)C(C)CO)o2)cc1. The largest absolute Gasteiger partial charge is 0.497 e. The summed E-state index contributed by atoms with van der Waals surface area (Å²) in [7, 11) is 3.57. The van der Waals surface area contributed by atoms with E-state index in [-0.39, 0.29) is 12.6 Å². The molecular formula is C15H20N2O3. The van der Waals surface area contributed by atoms with Gasteiger partial charge in [0.15, 0.2) is 5.76 Å². The molecule has 0 spiro atoms. The molecule has 0 fully saturated rings. The van der Waals surface area contributed by atoms with Crippen molar-refractivity contribution in [2.75, 3.05) is 20.8 Å². The van der Waals surface area contributed by atoms with E-state index in [1.807, 2.05) is 43.1 Å². The Balaban J connectivity index is 2.08. The van der Waals surface area contributed by atoms with Crippen molar-refractivity contribution < 1.29 is 14.3 Å². The number of hydrogen-bond donors (Lipinski definition) is 1. The first-order chi connectivity index (χ1) is 9.63. The topological polar surface area (TPSA) is 58.7 Å². The molecule has 5 heteroatoms. The second-order valence-corrected chi connectivity index (χ2v) is 4.79. The van der Waals surface area contributed by atoms with Gasteiger partial charge in [0.2, 0.25) is 5.89 Å². The highest BCUT2D eigenvalue weighted by Gasteiger charge is 2.12. The smallest absolute Gasteiger partial charge is 0.209 e. The highest BCUT2D eigenvalue weighted by Crippen LogP contribution is 2.23. The Morgan fingerprint density at radius 3 is 2.65 bits per heavy atom. The molecule has 1 unspecified atom stereocenters. The van der Waals surface area contributed by atoms with E-state index in [0.29, 0.717) is 12.4 Å². The second-order valence-electron chi connectivity index (χ2n) is 4.79. The first-order valence-electron chi connectivity index (χ1n) is 6.54. The Hall–Kier alpha value is -1.85. The summed E-state index contributed by atoms with van der Waals surface area (Å²) in [5, 5.41) is 9.11. The van der Waals surface area contributed by atoms with Crippen LogP contribution in [-0.2, 0) is 6.54 Å². The van der Waals surface area contributed by atoms with Gasteiger partial charge in [-0.3, -0.25) is 4.90 Å². The van der Waals surface area contributed by atoms with Crippen LogP contribution in [0.4, 0.5) is 0 Å². The summed E-state index contributed by atoms with van der Waals surface area (Å²) in [4.78, 5) is 6.26. The third kappa shape index (κ3) is 3.37. The zero-order chi connectivity index (χ0) is 14.5. The average molecular weight is 276 g/mol. The molecular weight excluding hydrogens is 256 g/mol. The van der Waals surface area contributed by atoms with Gasteiger partial charge in [-0.25, -0.2) is 4.98 Å². The average Bonchev–Trinajstić information content (AvgIpc) is 2.94. The molecule has 0 saturated carbocycles. The molecule has 0 amide bonds. The molecule has 0 radical (unpaired) electrons. The fourth-order valence-corrected chi connectivity index (χ4v) is 1.78. The molecule has 0 aliphatic carbocycles. The van der Waals surface area contributed by atoms with Crippen molar-refractivity contribution in [3.8, 4) is 17.1 Å². The fraction of sp³-hybridized carbons (Fsp3) is 0.400. The number of nitrogens with zero attached hydrogens (tertiary/aromatic N) is 2. The molecule has 0 saturated heterocycles. The van der Waals surface area contributed by atoms with Gasteiger partial charge in [0, 0.05) is 11.6 Å². The lowest BCUT2D eigenvalue weighted by Gasteiger charge is -2.20. The highest BCUT2D eigenvalue weighted by molar-refractivity contribution is 5.57. The van der Waals surface area contributed by atoms with Gasteiger partial charge in [-0.15, -0.1) is 0 Å². The van der Waals surface area contributed by atoms with Gasteiger partial charge >= 0.3 is 0 Å². The Bertz CT molecular complexity index is 536. The van der Waals surface area contributed by atoms with E-state index in [1.54, 1.807) is 13.3 Å². The number of methoxy groups -OCH3 is 1. The molecule has 2 rings (SSSR count). The van der Waals surface area contributed by atoms with Crippen LogP contribution in [-0.4, -0.2) is 41.8 Å². The molecule has 5 nitrogen and oxygen atoms in total. The Labute approximate surface area is 118 Å². The molecule has 2 aromatic rings. The normalized spacial score (nSPS) is 12.7.